The zero-order valence-electron chi connectivity index (χ0n) is 12.7. The summed E-state index contributed by atoms with van der Waals surface area (Å²) in [6.07, 6.45) is 1.01. The molecule has 1 aromatic carbocycles. The van der Waals surface area contributed by atoms with Crippen molar-refractivity contribution >= 4 is 0 Å². The van der Waals surface area contributed by atoms with Gasteiger partial charge in [-0.2, -0.15) is 0 Å². The fraction of sp³-hybridized carbons (Fsp3) is 0.600. The molecule has 2 unspecified atom stereocenters. The van der Waals surface area contributed by atoms with Crippen LogP contribution in [0.15, 0.2) is 12.1 Å². The second-order valence-corrected chi connectivity index (χ2v) is 5.21. The van der Waals surface area contributed by atoms with Gasteiger partial charge in [0.15, 0.2) is 11.5 Å². The van der Waals surface area contributed by atoms with E-state index < -0.39 is 0 Å². The van der Waals surface area contributed by atoms with E-state index in [2.05, 4.69) is 11.9 Å². The number of nitrogens with zero attached hydrogens (tertiary/aromatic N) is 1. The molecule has 1 aliphatic heterocycles. The largest absolute Gasteiger partial charge is 0.496 e. The molecule has 1 fully saturated rings. The Kier molecular flexibility index (Phi) is 4.73. The van der Waals surface area contributed by atoms with Crippen molar-refractivity contribution < 1.29 is 14.2 Å². The Balaban J connectivity index is 2.48. The van der Waals surface area contributed by atoms with Gasteiger partial charge in [-0.15, -0.1) is 0 Å². The monoisotopic (exact) mass is 280 g/mol. The van der Waals surface area contributed by atoms with E-state index in [9.17, 15) is 0 Å². The van der Waals surface area contributed by atoms with E-state index in [1.54, 1.807) is 21.3 Å². The Hall–Kier alpha value is -1.46. The lowest BCUT2D eigenvalue weighted by molar-refractivity contribution is 0.284. The normalized spacial score (nSPS) is 22.9. The minimum absolute atomic E-state index is 0.239. The Morgan fingerprint density at radius 2 is 1.80 bits per heavy atom. The summed E-state index contributed by atoms with van der Waals surface area (Å²) in [6, 6.07) is 4.04. The Morgan fingerprint density at radius 3 is 2.30 bits per heavy atom. The van der Waals surface area contributed by atoms with Crippen molar-refractivity contribution in [1.82, 2.24) is 4.90 Å². The lowest BCUT2D eigenvalue weighted by atomic mass is 9.97. The van der Waals surface area contributed by atoms with Gasteiger partial charge >= 0.3 is 0 Å². The Labute approximate surface area is 120 Å². The zero-order chi connectivity index (χ0) is 14.7. The van der Waals surface area contributed by atoms with E-state index in [0.29, 0.717) is 12.5 Å². The maximum Gasteiger partial charge on any atom is 0.169 e. The summed E-state index contributed by atoms with van der Waals surface area (Å²) in [7, 11) is 7.10. The molecule has 0 saturated carbocycles. The molecule has 5 nitrogen and oxygen atoms in total. The number of hydrogen-bond acceptors (Lipinski definition) is 5. The van der Waals surface area contributed by atoms with Crippen molar-refractivity contribution in [3.8, 4) is 17.2 Å². The van der Waals surface area contributed by atoms with Crippen molar-refractivity contribution in [2.75, 3.05) is 41.5 Å². The summed E-state index contributed by atoms with van der Waals surface area (Å²) in [6.45, 7) is 1.69. The molecule has 5 heteroatoms. The van der Waals surface area contributed by atoms with Crippen LogP contribution >= 0.6 is 0 Å². The molecule has 1 aromatic rings. The van der Waals surface area contributed by atoms with Gasteiger partial charge in [0.25, 0.3) is 0 Å². The van der Waals surface area contributed by atoms with E-state index in [1.165, 1.54) is 0 Å². The first-order valence-electron chi connectivity index (χ1n) is 6.85. The predicted octanol–water partition coefficient (Wildman–Crippen LogP) is 1.66. The van der Waals surface area contributed by atoms with Gasteiger partial charge in [0.1, 0.15) is 5.75 Å². The smallest absolute Gasteiger partial charge is 0.169 e. The molecule has 2 N–H and O–H groups in total. The first-order chi connectivity index (χ1) is 9.65. The van der Waals surface area contributed by atoms with Crippen LogP contribution in [0.2, 0.25) is 0 Å². The Bertz CT molecular complexity index is 465. The van der Waals surface area contributed by atoms with E-state index in [0.717, 1.165) is 35.8 Å². The number of likely N-dealkylation sites (tertiary alicyclic amines) is 1. The third-order valence-corrected chi connectivity index (χ3v) is 4.07. The van der Waals surface area contributed by atoms with Crippen LogP contribution in [0.5, 0.6) is 17.2 Å². The molecule has 0 spiro atoms. The van der Waals surface area contributed by atoms with Gasteiger partial charge in [-0.25, -0.2) is 0 Å². The highest BCUT2D eigenvalue weighted by Gasteiger charge is 2.34. The molecular weight excluding hydrogens is 256 g/mol. The Morgan fingerprint density at radius 1 is 1.15 bits per heavy atom. The number of methoxy groups -OCH3 is 3. The standard InChI is InChI=1S/C15H24N2O3/c1-17-9-10(8-16)7-11(17)14-12(18-2)5-6-13(19-3)15(14)20-4/h5-6,10-11H,7-9,16H2,1-4H3. The average Bonchev–Trinajstić information content (AvgIpc) is 2.86. The van der Waals surface area contributed by atoms with Gasteiger partial charge < -0.3 is 19.9 Å². The van der Waals surface area contributed by atoms with Gasteiger partial charge in [0.05, 0.1) is 26.9 Å². The summed E-state index contributed by atoms with van der Waals surface area (Å²) < 4.78 is 16.5. The molecule has 0 amide bonds. The fourth-order valence-corrected chi connectivity index (χ4v) is 3.04. The summed E-state index contributed by atoms with van der Waals surface area (Å²) in [4.78, 5) is 2.30. The lowest BCUT2D eigenvalue weighted by Gasteiger charge is -2.25. The quantitative estimate of drug-likeness (QED) is 0.889. The number of nitrogens with two attached hydrogens (primary N) is 1. The molecule has 20 heavy (non-hydrogen) atoms. The third-order valence-electron chi connectivity index (χ3n) is 4.07. The van der Waals surface area contributed by atoms with Crippen LogP contribution < -0.4 is 19.9 Å². The molecule has 1 saturated heterocycles. The molecule has 0 aliphatic carbocycles. The van der Waals surface area contributed by atoms with Gasteiger partial charge in [0.2, 0.25) is 0 Å². The molecule has 2 atom stereocenters. The summed E-state index contributed by atoms with van der Waals surface area (Å²) in [5.41, 5.74) is 6.87. The van der Waals surface area contributed by atoms with Crippen LogP contribution in [-0.2, 0) is 0 Å². The lowest BCUT2D eigenvalue weighted by Crippen LogP contribution is -2.21. The number of hydrogen-bond donors (Lipinski definition) is 1. The van der Waals surface area contributed by atoms with E-state index >= 15 is 0 Å². The first kappa shape index (κ1) is 14.9. The highest BCUT2D eigenvalue weighted by atomic mass is 16.5. The minimum Gasteiger partial charge on any atom is -0.496 e. The highest BCUT2D eigenvalue weighted by molar-refractivity contribution is 5.55. The molecule has 1 aliphatic rings. The summed E-state index contributed by atoms with van der Waals surface area (Å²) >= 11 is 0. The van der Waals surface area contributed by atoms with Crippen LogP contribution in [-0.4, -0.2) is 46.4 Å². The van der Waals surface area contributed by atoms with Crippen molar-refractivity contribution in [3.05, 3.63) is 17.7 Å². The number of benzene rings is 1. The predicted molar refractivity (Wildman–Crippen MR) is 78.6 cm³/mol. The number of rotatable bonds is 5. The van der Waals surface area contributed by atoms with Crippen molar-refractivity contribution in [1.29, 1.82) is 0 Å². The van der Waals surface area contributed by atoms with E-state index in [1.807, 2.05) is 12.1 Å². The molecule has 2 rings (SSSR count). The van der Waals surface area contributed by atoms with Crippen LogP contribution in [0.4, 0.5) is 0 Å². The van der Waals surface area contributed by atoms with Gasteiger partial charge in [0, 0.05) is 12.6 Å². The summed E-state index contributed by atoms with van der Waals surface area (Å²) in [5.74, 6) is 2.82. The second kappa shape index (κ2) is 6.33. The maximum absolute atomic E-state index is 5.82. The minimum atomic E-state index is 0.239. The maximum atomic E-state index is 5.82. The molecule has 0 bridgehead atoms. The molecule has 112 valence electrons. The van der Waals surface area contributed by atoms with E-state index in [-0.39, 0.29) is 6.04 Å². The van der Waals surface area contributed by atoms with Crippen molar-refractivity contribution in [2.24, 2.45) is 11.7 Å². The fourth-order valence-electron chi connectivity index (χ4n) is 3.04. The van der Waals surface area contributed by atoms with Gasteiger partial charge in [-0.1, -0.05) is 0 Å². The van der Waals surface area contributed by atoms with Crippen molar-refractivity contribution in [2.45, 2.75) is 12.5 Å². The number of ether oxygens (including phenoxy) is 3. The van der Waals surface area contributed by atoms with Gasteiger partial charge in [-0.3, -0.25) is 4.90 Å². The SMILES string of the molecule is COc1ccc(OC)c(C2CC(CN)CN2C)c1OC. The zero-order valence-corrected chi connectivity index (χ0v) is 12.7. The molecule has 0 radical (unpaired) electrons. The summed E-state index contributed by atoms with van der Waals surface area (Å²) in [5, 5.41) is 0. The molecular formula is C15H24N2O3. The van der Waals surface area contributed by atoms with Crippen LogP contribution in [0.25, 0.3) is 0 Å². The molecule has 0 aromatic heterocycles. The second-order valence-electron chi connectivity index (χ2n) is 5.21. The molecule has 1 heterocycles. The van der Waals surface area contributed by atoms with Gasteiger partial charge in [-0.05, 0) is 38.1 Å². The topological polar surface area (TPSA) is 57.0 Å². The first-order valence-corrected chi connectivity index (χ1v) is 6.85. The van der Waals surface area contributed by atoms with Crippen LogP contribution in [0.1, 0.15) is 18.0 Å². The highest BCUT2D eigenvalue weighted by Crippen LogP contribution is 2.46. The van der Waals surface area contributed by atoms with Crippen LogP contribution in [0, 0.1) is 5.92 Å². The third kappa shape index (κ3) is 2.55. The van der Waals surface area contributed by atoms with Crippen LogP contribution in [0.3, 0.4) is 0 Å². The van der Waals surface area contributed by atoms with Crippen molar-refractivity contribution in [3.63, 3.8) is 0 Å². The average molecular weight is 280 g/mol. The van der Waals surface area contributed by atoms with E-state index in [4.69, 9.17) is 19.9 Å².